The van der Waals surface area contributed by atoms with Crippen LogP contribution in [0.3, 0.4) is 0 Å². The Hall–Kier alpha value is -2.26. The lowest BCUT2D eigenvalue weighted by Crippen LogP contribution is -2.32. The fourth-order valence-electron chi connectivity index (χ4n) is 2.96. The summed E-state index contributed by atoms with van der Waals surface area (Å²) in [7, 11) is -2.24. The Morgan fingerprint density at radius 2 is 1.93 bits per heavy atom. The van der Waals surface area contributed by atoms with Gasteiger partial charge in [-0.1, -0.05) is 6.92 Å². The molecule has 0 saturated carbocycles. The summed E-state index contributed by atoms with van der Waals surface area (Å²) in [6.07, 6.45) is 0.629. The largest absolute Gasteiger partial charge is 0.356 e. The average Bonchev–Trinajstić information content (AvgIpc) is 2.97. The minimum absolute atomic E-state index is 0.0313. The fourth-order valence-corrected chi connectivity index (χ4v) is 4.17. The van der Waals surface area contributed by atoms with Gasteiger partial charge in [0.2, 0.25) is 15.9 Å². The van der Waals surface area contributed by atoms with E-state index in [1.54, 1.807) is 0 Å². The van der Waals surface area contributed by atoms with Crippen LogP contribution in [0.4, 0.5) is 4.39 Å². The highest BCUT2D eigenvalue weighted by Crippen LogP contribution is 2.15. The molecule has 1 aromatic heterocycles. The number of hydrogen-bond acceptors (Lipinski definition) is 4. The molecule has 1 unspecified atom stereocenters. The summed E-state index contributed by atoms with van der Waals surface area (Å²) in [4.78, 5) is 12.1. The average molecular weight is 425 g/mol. The smallest absolute Gasteiger partial charge is 0.242 e. The number of carbonyl (C=O) groups excluding carboxylic acids is 1. The molecule has 0 saturated heterocycles. The van der Waals surface area contributed by atoms with Gasteiger partial charge < -0.3 is 5.32 Å². The number of nitrogens with zero attached hydrogens (tertiary/aromatic N) is 3. The molecule has 1 N–H and O–H groups in total. The van der Waals surface area contributed by atoms with Gasteiger partial charge in [0, 0.05) is 38.8 Å². The van der Waals surface area contributed by atoms with Crippen LogP contribution in [0.25, 0.3) is 0 Å². The van der Waals surface area contributed by atoms with Crippen LogP contribution >= 0.6 is 0 Å². The normalized spacial score (nSPS) is 12.9. The molecule has 0 aliphatic carbocycles. The molecule has 2 rings (SSSR count). The zero-order valence-electron chi connectivity index (χ0n) is 17.4. The molecule has 1 amide bonds. The molecule has 1 heterocycles. The fraction of sp³-hybridized carbons (Fsp3) is 0.500. The van der Waals surface area contributed by atoms with E-state index < -0.39 is 15.8 Å². The van der Waals surface area contributed by atoms with Gasteiger partial charge in [-0.15, -0.1) is 0 Å². The molecular weight excluding hydrogens is 395 g/mol. The standard InChI is InChI=1S/C20H29FN4O3S/c1-15(14-25-17(3)12-16(2)23-25)13-22-20(26)6-5-11-24(4)29(27,28)19-9-7-18(21)8-10-19/h7-10,12,15H,5-6,11,13-14H2,1-4H3,(H,22,26). The van der Waals surface area contributed by atoms with Gasteiger partial charge in [0.25, 0.3) is 0 Å². The van der Waals surface area contributed by atoms with E-state index in [2.05, 4.69) is 10.4 Å². The van der Waals surface area contributed by atoms with Crippen molar-refractivity contribution in [2.24, 2.45) is 5.92 Å². The summed E-state index contributed by atoms with van der Waals surface area (Å²) < 4.78 is 41.0. The molecule has 0 radical (unpaired) electrons. The van der Waals surface area contributed by atoms with Gasteiger partial charge in [0.05, 0.1) is 10.6 Å². The van der Waals surface area contributed by atoms with Gasteiger partial charge in [-0.25, -0.2) is 17.1 Å². The molecule has 0 bridgehead atoms. The van der Waals surface area contributed by atoms with E-state index in [1.165, 1.54) is 23.5 Å². The van der Waals surface area contributed by atoms with Crippen molar-refractivity contribution in [2.45, 2.75) is 45.1 Å². The second-order valence-corrected chi connectivity index (χ2v) is 9.45. The van der Waals surface area contributed by atoms with Crippen LogP contribution in [0, 0.1) is 25.6 Å². The number of sulfonamides is 1. The lowest BCUT2D eigenvalue weighted by molar-refractivity contribution is -0.121. The molecule has 0 spiro atoms. The Kier molecular flexibility index (Phi) is 7.92. The first kappa shape index (κ1) is 23.0. The lowest BCUT2D eigenvalue weighted by Gasteiger charge is -2.17. The number of hydrogen-bond donors (Lipinski definition) is 1. The summed E-state index contributed by atoms with van der Waals surface area (Å²) in [6, 6.07) is 6.71. The van der Waals surface area contributed by atoms with Crippen LogP contribution in [0.5, 0.6) is 0 Å². The number of benzene rings is 1. The summed E-state index contributed by atoms with van der Waals surface area (Å²) in [5.41, 5.74) is 2.06. The van der Waals surface area contributed by atoms with E-state index >= 15 is 0 Å². The first-order chi connectivity index (χ1) is 13.6. The predicted molar refractivity (Wildman–Crippen MR) is 109 cm³/mol. The number of amides is 1. The van der Waals surface area contributed by atoms with E-state index in [0.717, 1.165) is 30.1 Å². The Morgan fingerprint density at radius 3 is 2.52 bits per heavy atom. The minimum atomic E-state index is -3.69. The first-order valence-corrected chi connectivity index (χ1v) is 11.0. The van der Waals surface area contributed by atoms with Crippen molar-refractivity contribution >= 4 is 15.9 Å². The minimum Gasteiger partial charge on any atom is -0.356 e. The maximum atomic E-state index is 13.0. The topological polar surface area (TPSA) is 84.3 Å². The number of aromatic nitrogens is 2. The van der Waals surface area contributed by atoms with Crippen molar-refractivity contribution in [3.63, 3.8) is 0 Å². The highest BCUT2D eigenvalue weighted by atomic mass is 32.2. The molecule has 29 heavy (non-hydrogen) atoms. The van der Waals surface area contributed by atoms with Crippen LogP contribution in [0.15, 0.2) is 35.2 Å². The SMILES string of the molecule is Cc1cc(C)n(CC(C)CNC(=O)CCCN(C)S(=O)(=O)c2ccc(F)cc2)n1. The lowest BCUT2D eigenvalue weighted by atomic mass is 10.1. The highest BCUT2D eigenvalue weighted by molar-refractivity contribution is 7.89. The van der Waals surface area contributed by atoms with E-state index in [1.807, 2.05) is 31.5 Å². The highest BCUT2D eigenvalue weighted by Gasteiger charge is 2.20. The van der Waals surface area contributed by atoms with Gasteiger partial charge in [-0.2, -0.15) is 5.10 Å². The summed E-state index contributed by atoms with van der Waals surface area (Å²) in [6.45, 7) is 7.44. The Labute approximate surface area is 172 Å². The van der Waals surface area contributed by atoms with Crippen LogP contribution in [0.2, 0.25) is 0 Å². The van der Waals surface area contributed by atoms with Gasteiger partial charge in [-0.3, -0.25) is 9.48 Å². The molecule has 1 aromatic carbocycles. The van der Waals surface area contributed by atoms with E-state index in [-0.39, 0.29) is 29.7 Å². The monoisotopic (exact) mass is 424 g/mol. The first-order valence-electron chi connectivity index (χ1n) is 9.59. The van der Waals surface area contributed by atoms with Gasteiger partial charge in [-0.05, 0) is 56.5 Å². The zero-order valence-corrected chi connectivity index (χ0v) is 18.2. The molecule has 0 aliphatic rings. The molecule has 2 aromatic rings. The van der Waals surface area contributed by atoms with E-state index in [4.69, 9.17) is 0 Å². The van der Waals surface area contributed by atoms with Crippen LogP contribution in [-0.2, 0) is 21.4 Å². The zero-order chi connectivity index (χ0) is 21.6. The van der Waals surface area contributed by atoms with E-state index in [0.29, 0.717) is 13.0 Å². The molecule has 1 atom stereocenters. The van der Waals surface area contributed by atoms with Crippen molar-refractivity contribution in [1.29, 1.82) is 0 Å². The van der Waals surface area contributed by atoms with Crippen molar-refractivity contribution in [2.75, 3.05) is 20.1 Å². The molecule has 0 aliphatic heterocycles. The maximum Gasteiger partial charge on any atom is 0.242 e. The van der Waals surface area contributed by atoms with Crippen molar-refractivity contribution in [3.8, 4) is 0 Å². The predicted octanol–water partition coefficient (Wildman–Crippen LogP) is 2.49. The number of aryl methyl sites for hydroxylation is 2. The Bertz CT molecular complexity index is 926. The molecule has 160 valence electrons. The number of rotatable bonds is 10. The Balaban J connectivity index is 1.73. The molecule has 0 fully saturated rings. The second-order valence-electron chi connectivity index (χ2n) is 7.40. The van der Waals surface area contributed by atoms with Gasteiger partial charge in [0.15, 0.2) is 0 Å². The molecule has 9 heteroatoms. The molecule has 7 nitrogen and oxygen atoms in total. The van der Waals surface area contributed by atoms with Crippen LogP contribution in [-0.4, -0.2) is 48.5 Å². The van der Waals surface area contributed by atoms with Gasteiger partial charge in [0.1, 0.15) is 5.82 Å². The van der Waals surface area contributed by atoms with Crippen molar-refractivity contribution in [3.05, 3.63) is 47.5 Å². The summed E-state index contributed by atoms with van der Waals surface area (Å²) >= 11 is 0. The van der Waals surface area contributed by atoms with Crippen molar-refractivity contribution in [1.82, 2.24) is 19.4 Å². The van der Waals surface area contributed by atoms with Crippen molar-refractivity contribution < 1.29 is 17.6 Å². The molecular formula is C20H29FN4O3S. The Morgan fingerprint density at radius 1 is 1.28 bits per heavy atom. The third kappa shape index (κ3) is 6.64. The van der Waals surface area contributed by atoms with Gasteiger partial charge >= 0.3 is 0 Å². The quantitative estimate of drug-likeness (QED) is 0.635. The number of nitrogens with one attached hydrogen (secondary N) is 1. The number of carbonyl (C=O) groups is 1. The third-order valence-electron chi connectivity index (χ3n) is 4.63. The number of halogens is 1. The van der Waals surface area contributed by atoms with Crippen LogP contribution in [0.1, 0.15) is 31.2 Å². The summed E-state index contributed by atoms with van der Waals surface area (Å²) in [5.74, 6) is -0.383. The summed E-state index contributed by atoms with van der Waals surface area (Å²) in [5, 5.41) is 7.31. The van der Waals surface area contributed by atoms with E-state index in [9.17, 15) is 17.6 Å². The third-order valence-corrected chi connectivity index (χ3v) is 6.51. The second kappa shape index (κ2) is 9.98. The maximum absolute atomic E-state index is 13.0. The van der Waals surface area contributed by atoms with Crippen LogP contribution < -0.4 is 5.32 Å².